The SMILES string of the molecule is COc1ccc2sc(C(=O)N(CC(=O)O)c3ccccc3)c(C)c2c1. The van der Waals surface area contributed by atoms with E-state index in [0.717, 1.165) is 21.4 Å². The van der Waals surface area contributed by atoms with Crippen LogP contribution in [-0.4, -0.2) is 30.6 Å². The number of amides is 1. The number of hydrogen-bond acceptors (Lipinski definition) is 4. The number of rotatable bonds is 5. The van der Waals surface area contributed by atoms with Crippen molar-refractivity contribution >= 4 is 39.0 Å². The van der Waals surface area contributed by atoms with Gasteiger partial charge in [-0.05, 0) is 48.2 Å². The van der Waals surface area contributed by atoms with E-state index >= 15 is 0 Å². The maximum absolute atomic E-state index is 13.1. The average Bonchev–Trinajstić information content (AvgIpc) is 2.96. The number of para-hydroxylation sites is 1. The molecule has 0 saturated heterocycles. The topological polar surface area (TPSA) is 66.8 Å². The molecule has 3 aromatic rings. The van der Waals surface area contributed by atoms with Gasteiger partial charge in [-0.2, -0.15) is 0 Å². The number of nitrogens with zero attached hydrogens (tertiary/aromatic N) is 1. The molecular formula is C19H17NO4S. The van der Waals surface area contributed by atoms with Crippen LogP contribution in [0.1, 0.15) is 15.2 Å². The number of aryl methyl sites for hydroxylation is 1. The Kier molecular flexibility index (Phi) is 4.72. The molecule has 1 N–H and O–H groups in total. The fourth-order valence-electron chi connectivity index (χ4n) is 2.68. The van der Waals surface area contributed by atoms with Gasteiger partial charge in [-0.3, -0.25) is 14.5 Å². The molecule has 6 heteroatoms. The molecule has 5 nitrogen and oxygen atoms in total. The van der Waals surface area contributed by atoms with Crippen molar-refractivity contribution in [2.45, 2.75) is 6.92 Å². The van der Waals surface area contributed by atoms with Crippen molar-refractivity contribution in [3.63, 3.8) is 0 Å². The Bertz CT molecular complexity index is 933. The lowest BCUT2D eigenvalue weighted by Crippen LogP contribution is -2.35. The van der Waals surface area contributed by atoms with Gasteiger partial charge in [-0.1, -0.05) is 18.2 Å². The van der Waals surface area contributed by atoms with Crippen molar-refractivity contribution in [3.8, 4) is 5.75 Å². The molecule has 0 fully saturated rings. The first-order valence-corrected chi connectivity index (χ1v) is 8.48. The summed E-state index contributed by atoms with van der Waals surface area (Å²) in [4.78, 5) is 26.1. The number of carbonyl (C=O) groups excluding carboxylic acids is 1. The standard InChI is InChI=1S/C19H17NO4S/c1-12-15-10-14(24-2)8-9-16(15)25-18(12)19(23)20(11-17(21)22)13-6-4-3-5-7-13/h3-10H,11H2,1-2H3,(H,21,22). The molecule has 0 atom stereocenters. The van der Waals surface area contributed by atoms with Crippen molar-refractivity contribution < 1.29 is 19.4 Å². The first kappa shape index (κ1) is 17.0. The summed E-state index contributed by atoms with van der Waals surface area (Å²) in [6.45, 7) is 1.48. The Morgan fingerprint density at radius 1 is 1.16 bits per heavy atom. The summed E-state index contributed by atoms with van der Waals surface area (Å²) in [6.07, 6.45) is 0. The summed E-state index contributed by atoms with van der Waals surface area (Å²) in [5, 5.41) is 10.2. The van der Waals surface area contributed by atoms with E-state index in [-0.39, 0.29) is 12.5 Å². The molecular weight excluding hydrogens is 338 g/mol. The van der Waals surface area contributed by atoms with Crippen LogP contribution in [0.5, 0.6) is 5.75 Å². The van der Waals surface area contributed by atoms with Gasteiger partial charge in [0.2, 0.25) is 0 Å². The number of aliphatic carboxylic acids is 1. The molecule has 128 valence electrons. The van der Waals surface area contributed by atoms with Gasteiger partial charge >= 0.3 is 5.97 Å². The Morgan fingerprint density at radius 3 is 2.52 bits per heavy atom. The minimum atomic E-state index is -1.06. The van der Waals surface area contributed by atoms with E-state index in [1.54, 1.807) is 31.4 Å². The van der Waals surface area contributed by atoms with E-state index in [9.17, 15) is 14.7 Å². The Balaban J connectivity index is 2.06. The average molecular weight is 355 g/mol. The van der Waals surface area contributed by atoms with Crippen LogP contribution < -0.4 is 9.64 Å². The number of thiophene rings is 1. The molecule has 25 heavy (non-hydrogen) atoms. The van der Waals surface area contributed by atoms with Crippen LogP contribution in [0.25, 0.3) is 10.1 Å². The number of anilines is 1. The first-order chi connectivity index (χ1) is 12.0. The Labute approximate surface area is 149 Å². The quantitative estimate of drug-likeness (QED) is 0.752. The zero-order valence-corrected chi connectivity index (χ0v) is 14.7. The van der Waals surface area contributed by atoms with Gasteiger partial charge in [-0.15, -0.1) is 11.3 Å². The van der Waals surface area contributed by atoms with E-state index in [1.165, 1.54) is 16.2 Å². The molecule has 0 aliphatic rings. The lowest BCUT2D eigenvalue weighted by Gasteiger charge is -2.20. The highest BCUT2D eigenvalue weighted by Gasteiger charge is 2.24. The summed E-state index contributed by atoms with van der Waals surface area (Å²) in [6, 6.07) is 14.5. The molecule has 1 heterocycles. The summed E-state index contributed by atoms with van der Waals surface area (Å²) >= 11 is 1.36. The lowest BCUT2D eigenvalue weighted by molar-refractivity contribution is -0.135. The summed E-state index contributed by atoms with van der Waals surface area (Å²) < 4.78 is 6.21. The third-order valence-corrected chi connectivity index (χ3v) is 5.20. The zero-order chi connectivity index (χ0) is 18.0. The Hall–Kier alpha value is -2.86. The van der Waals surface area contributed by atoms with Crippen molar-refractivity contribution in [3.05, 3.63) is 59.0 Å². The third-order valence-electron chi connectivity index (χ3n) is 3.94. The monoisotopic (exact) mass is 355 g/mol. The van der Waals surface area contributed by atoms with E-state index in [1.807, 2.05) is 31.2 Å². The molecule has 0 saturated carbocycles. The summed E-state index contributed by atoms with van der Waals surface area (Å²) in [5.74, 6) is -0.651. The summed E-state index contributed by atoms with van der Waals surface area (Å²) in [5.41, 5.74) is 1.39. The molecule has 1 amide bonds. The van der Waals surface area contributed by atoms with E-state index < -0.39 is 5.97 Å². The highest BCUT2D eigenvalue weighted by Crippen LogP contribution is 2.34. The molecule has 0 aliphatic carbocycles. The number of benzene rings is 2. The Morgan fingerprint density at radius 2 is 1.88 bits per heavy atom. The second-order valence-corrected chi connectivity index (χ2v) is 6.59. The number of methoxy groups -OCH3 is 1. The molecule has 3 rings (SSSR count). The van der Waals surface area contributed by atoms with Crippen LogP contribution in [0.15, 0.2) is 48.5 Å². The van der Waals surface area contributed by atoms with Crippen LogP contribution >= 0.6 is 11.3 Å². The normalized spacial score (nSPS) is 10.6. The lowest BCUT2D eigenvalue weighted by atomic mass is 10.1. The molecule has 0 bridgehead atoms. The van der Waals surface area contributed by atoms with E-state index in [2.05, 4.69) is 0 Å². The molecule has 0 spiro atoms. The fourth-order valence-corrected chi connectivity index (χ4v) is 3.82. The molecule has 0 radical (unpaired) electrons. The second-order valence-electron chi connectivity index (χ2n) is 5.54. The number of hydrogen-bond donors (Lipinski definition) is 1. The molecule has 0 unspecified atom stereocenters. The van der Waals surface area contributed by atoms with E-state index in [0.29, 0.717) is 10.6 Å². The fraction of sp³-hybridized carbons (Fsp3) is 0.158. The largest absolute Gasteiger partial charge is 0.497 e. The van der Waals surface area contributed by atoms with Gasteiger partial charge in [0.05, 0.1) is 12.0 Å². The van der Waals surface area contributed by atoms with Gasteiger partial charge in [0.1, 0.15) is 12.3 Å². The van der Waals surface area contributed by atoms with Crippen molar-refractivity contribution in [1.82, 2.24) is 0 Å². The molecule has 2 aromatic carbocycles. The maximum Gasteiger partial charge on any atom is 0.323 e. The highest BCUT2D eigenvalue weighted by atomic mass is 32.1. The number of ether oxygens (including phenoxy) is 1. The molecule has 0 aliphatic heterocycles. The van der Waals surface area contributed by atoms with Gasteiger partial charge in [0.15, 0.2) is 0 Å². The van der Waals surface area contributed by atoms with Gasteiger partial charge in [-0.25, -0.2) is 0 Å². The van der Waals surface area contributed by atoms with E-state index in [4.69, 9.17) is 4.74 Å². The van der Waals surface area contributed by atoms with Crippen LogP contribution in [0, 0.1) is 6.92 Å². The minimum Gasteiger partial charge on any atom is -0.497 e. The third kappa shape index (κ3) is 3.34. The van der Waals surface area contributed by atoms with Gasteiger partial charge in [0.25, 0.3) is 5.91 Å². The number of carbonyl (C=O) groups is 2. The zero-order valence-electron chi connectivity index (χ0n) is 13.9. The van der Waals surface area contributed by atoms with Crippen LogP contribution in [0.4, 0.5) is 5.69 Å². The first-order valence-electron chi connectivity index (χ1n) is 7.67. The highest BCUT2D eigenvalue weighted by molar-refractivity contribution is 7.21. The van der Waals surface area contributed by atoms with Gasteiger partial charge < -0.3 is 9.84 Å². The predicted molar refractivity (Wildman–Crippen MR) is 98.9 cm³/mol. The predicted octanol–water partition coefficient (Wildman–Crippen LogP) is 3.95. The van der Waals surface area contributed by atoms with Crippen molar-refractivity contribution in [2.24, 2.45) is 0 Å². The van der Waals surface area contributed by atoms with Crippen LogP contribution in [-0.2, 0) is 4.79 Å². The van der Waals surface area contributed by atoms with Crippen LogP contribution in [0.3, 0.4) is 0 Å². The van der Waals surface area contributed by atoms with Gasteiger partial charge in [0, 0.05) is 10.4 Å². The second kappa shape index (κ2) is 6.94. The number of carboxylic acids is 1. The minimum absolute atomic E-state index is 0.314. The number of fused-ring (bicyclic) bond motifs is 1. The van der Waals surface area contributed by atoms with Crippen LogP contribution in [0.2, 0.25) is 0 Å². The van der Waals surface area contributed by atoms with Crippen molar-refractivity contribution in [2.75, 3.05) is 18.6 Å². The summed E-state index contributed by atoms with van der Waals surface area (Å²) in [7, 11) is 1.60. The molecule has 1 aromatic heterocycles. The van der Waals surface area contributed by atoms with Crippen molar-refractivity contribution in [1.29, 1.82) is 0 Å². The smallest absolute Gasteiger partial charge is 0.323 e. The maximum atomic E-state index is 13.1. The number of carboxylic acid groups (broad SMARTS) is 1.